The maximum atomic E-state index is 10.5. The first-order valence-electron chi connectivity index (χ1n) is 3.82. The maximum absolute atomic E-state index is 10.5. The van der Waals surface area contributed by atoms with Gasteiger partial charge >= 0.3 is 7.82 Å². The monoisotopic (exact) mass is 205 g/mol. The first-order valence-corrected chi connectivity index (χ1v) is 5.35. The van der Waals surface area contributed by atoms with E-state index in [1.807, 2.05) is 12.2 Å². The number of phosphoric acid groups is 1. The summed E-state index contributed by atoms with van der Waals surface area (Å²) in [6, 6.07) is 0. The van der Waals surface area contributed by atoms with Crippen molar-refractivity contribution in [2.75, 3.05) is 6.54 Å². The van der Waals surface area contributed by atoms with E-state index in [2.05, 4.69) is 4.52 Å². The van der Waals surface area contributed by atoms with Crippen LogP contribution in [0.15, 0.2) is 24.4 Å². The van der Waals surface area contributed by atoms with Crippen molar-refractivity contribution in [2.45, 2.75) is 13.2 Å². The summed E-state index contributed by atoms with van der Waals surface area (Å²) in [5, 5.41) is 0. The molecule has 1 heterocycles. The SMILES string of the molecule is CC(OP(=O)(O)O)N1C=CC=CC1. The van der Waals surface area contributed by atoms with Gasteiger partial charge < -0.3 is 14.7 Å². The van der Waals surface area contributed by atoms with E-state index in [0.29, 0.717) is 6.54 Å². The average Bonchev–Trinajstić information content (AvgIpc) is 2.03. The summed E-state index contributed by atoms with van der Waals surface area (Å²) in [4.78, 5) is 18.8. The van der Waals surface area contributed by atoms with E-state index in [4.69, 9.17) is 9.79 Å². The van der Waals surface area contributed by atoms with Gasteiger partial charge in [0.15, 0.2) is 0 Å². The lowest BCUT2D eigenvalue weighted by Gasteiger charge is -2.27. The summed E-state index contributed by atoms with van der Waals surface area (Å²) in [7, 11) is -4.39. The van der Waals surface area contributed by atoms with Crippen molar-refractivity contribution in [2.24, 2.45) is 0 Å². The number of hydrogen-bond donors (Lipinski definition) is 2. The first kappa shape index (κ1) is 10.5. The number of nitrogens with zero attached hydrogens (tertiary/aromatic N) is 1. The summed E-state index contributed by atoms with van der Waals surface area (Å²) in [5.74, 6) is 0. The Balaban J connectivity index is 2.49. The van der Waals surface area contributed by atoms with E-state index >= 15 is 0 Å². The van der Waals surface area contributed by atoms with Gasteiger partial charge in [0, 0.05) is 12.7 Å². The molecule has 0 radical (unpaired) electrons. The molecule has 13 heavy (non-hydrogen) atoms. The van der Waals surface area contributed by atoms with E-state index in [1.165, 1.54) is 0 Å². The summed E-state index contributed by atoms with van der Waals surface area (Å²) in [6.07, 6.45) is 6.62. The molecule has 6 heteroatoms. The molecule has 2 N–H and O–H groups in total. The van der Waals surface area contributed by atoms with Gasteiger partial charge in [0.25, 0.3) is 0 Å². The second kappa shape index (κ2) is 4.07. The van der Waals surface area contributed by atoms with Crippen LogP contribution < -0.4 is 0 Å². The van der Waals surface area contributed by atoms with Gasteiger partial charge in [-0.2, -0.15) is 0 Å². The lowest BCUT2D eigenvalue weighted by atomic mass is 10.3. The molecule has 1 atom stereocenters. The van der Waals surface area contributed by atoms with E-state index in [9.17, 15) is 4.57 Å². The quantitative estimate of drug-likeness (QED) is 0.667. The molecule has 0 saturated carbocycles. The van der Waals surface area contributed by atoms with Gasteiger partial charge in [-0.1, -0.05) is 12.2 Å². The minimum absolute atomic E-state index is 0.595. The summed E-state index contributed by atoms with van der Waals surface area (Å²) in [5.41, 5.74) is 0. The number of phosphoric ester groups is 1. The molecule has 0 aliphatic carbocycles. The van der Waals surface area contributed by atoms with Crippen molar-refractivity contribution in [3.05, 3.63) is 24.4 Å². The molecule has 74 valence electrons. The zero-order chi connectivity index (χ0) is 9.90. The van der Waals surface area contributed by atoms with Crippen molar-refractivity contribution >= 4 is 7.82 Å². The third-order valence-corrected chi connectivity index (χ3v) is 2.18. The highest BCUT2D eigenvalue weighted by Gasteiger charge is 2.21. The van der Waals surface area contributed by atoms with E-state index in [-0.39, 0.29) is 0 Å². The third-order valence-electron chi connectivity index (χ3n) is 1.60. The highest BCUT2D eigenvalue weighted by molar-refractivity contribution is 7.46. The zero-order valence-electron chi connectivity index (χ0n) is 7.20. The Bertz CT molecular complexity index is 270. The lowest BCUT2D eigenvalue weighted by Crippen LogP contribution is -2.30. The Morgan fingerprint density at radius 1 is 1.54 bits per heavy atom. The Morgan fingerprint density at radius 3 is 2.69 bits per heavy atom. The molecule has 1 unspecified atom stereocenters. The van der Waals surface area contributed by atoms with Gasteiger partial charge in [0.05, 0.1) is 0 Å². The van der Waals surface area contributed by atoms with Crippen molar-refractivity contribution in [1.82, 2.24) is 4.90 Å². The summed E-state index contributed by atoms with van der Waals surface area (Å²) in [6.45, 7) is 2.18. The Labute approximate surface area is 76.6 Å². The molecule has 0 saturated heterocycles. The molecule has 5 nitrogen and oxygen atoms in total. The molecule has 0 aromatic rings. The molecular weight excluding hydrogens is 193 g/mol. The van der Waals surface area contributed by atoms with E-state index in [0.717, 1.165) is 0 Å². The van der Waals surface area contributed by atoms with Gasteiger partial charge in [-0.15, -0.1) is 0 Å². The van der Waals surface area contributed by atoms with E-state index < -0.39 is 14.1 Å². The van der Waals surface area contributed by atoms with Gasteiger partial charge in [0.1, 0.15) is 6.23 Å². The topological polar surface area (TPSA) is 70.0 Å². The number of allylic oxidation sites excluding steroid dienone is 2. The molecule has 1 aliphatic heterocycles. The highest BCUT2D eigenvalue weighted by Crippen LogP contribution is 2.38. The average molecular weight is 205 g/mol. The molecule has 0 fully saturated rings. The van der Waals surface area contributed by atoms with Gasteiger partial charge in [-0.3, -0.25) is 4.52 Å². The van der Waals surface area contributed by atoms with Crippen molar-refractivity contribution in [1.29, 1.82) is 0 Å². The molecule has 0 amide bonds. The van der Waals surface area contributed by atoms with Gasteiger partial charge in [-0.25, -0.2) is 4.57 Å². The van der Waals surface area contributed by atoms with Crippen molar-refractivity contribution in [3.8, 4) is 0 Å². The van der Waals surface area contributed by atoms with Crippen LogP contribution in [-0.2, 0) is 9.09 Å². The second-order valence-electron chi connectivity index (χ2n) is 2.66. The molecule has 1 rings (SSSR count). The second-order valence-corrected chi connectivity index (χ2v) is 3.85. The summed E-state index contributed by atoms with van der Waals surface area (Å²) >= 11 is 0. The standard InChI is InChI=1S/C7H12NO4P/c1-7(12-13(9,10)11)8-5-3-2-4-6-8/h2-5,7H,6H2,1H3,(H2,9,10,11). The van der Waals surface area contributed by atoms with Gasteiger partial charge in [0.2, 0.25) is 0 Å². The molecule has 0 spiro atoms. The predicted molar refractivity (Wildman–Crippen MR) is 47.6 cm³/mol. The van der Waals surface area contributed by atoms with Crippen LogP contribution in [0.3, 0.4) is 0 Å². The van der Waals surface area contributed by atoms with Crippen LogP contribution in [0.2, 0.25) is 0 Å². The fourth-order valence-electron chi connectivity index (χ4n) is 1.01. The van der Waals surface area contributed by atoms with Gasteiger partial charge in [-0.05, 0) is 13.0 Å². The van der Waals surface area contributed by atoms with Crippen molar-refractivity contribution in [3.63, 3.8) is 0 Å². The first-order chi connectivity index (χ1) is 5.99. The fraction of sp³-hybridized carbons (Fsp3) is 0.429. The predicted octanol–water partition coefficient (Wildman–Crippen LogP) is 0.827. The largest absolute Gasteiger partial charge is 0.471 e. The fourth-order valence-corrected chi connectivity index (χ4v) is 1.53. The Hall–Kier alpha value is -0.610. The van der Waals surface area contributed by atoms with Crippen LogP contribution in [-0.4, -0.2) is 27.5 Å². The van der Waals surface area contributed by atoms with Crippen molar-refractivity contribution < 1.29 is 18.9 Å². The van der Waals surface area contributed by atoms with Crippen LogP contribution in [0.4, 0.5) is 0 Å². The number of hydrogen-bond acceptors (Lipinski definition) is 3. The zero-order valence-corrected chi connectivity index (χ0v) is 8.09. The minimum atomic E-state index is -4.39. The molecule has 1 aliphatic rings. The van der Waals surface area contributed by atoms with Crippen LogP contribution in [0.1, 0.15) is 6.92 Å². The van der Waals surface area contributed by atoms with E-state index in [1.54, 1.807) is 24.1 Å². The minimum Gasteiger partial charge on any atom is -0.348 e. The molecule has 0 aromatic carbocycles. The molecule has 0 aromatic heterocycles. The van der Waals surface area contributed by atoms with Crippen LogP contribution in [0.5, 0.6) is 0 Å². The number of rotatable bonds is 3. The Morgan fingerprint density at radius 2 is 2.23 bits per heavy atom. The lowest BCUT2D eigenvalue weighted by molar-refractivity contribution is 0.0520. The Kier molecular flexibility index (Phi) is 3.27. The van der Waals surface area contributed by atoms with Crippen LogP contribution in [0.25, 0.3) is 0 Å². The molecular formula is C7H12NO4P. The van der Waals surface area contributed by atoms with Crippen LogP contribution >= 0.6 is 7.82 Å². The summed E-state index contributed by atoms with van der Waals surface area (Å²) < 4.78 is 15.0. The maximum Gasteiger partial charge on any atom is 0.471 e. The highest BCUT2D eigenvalue weighted by atomic mass is 31.2. The van der Waals surface area contributed by atoms with Crippen LogP contribution in [0, 0.1) is 0 Å². The smallest absolute Gasteiger partial charge is 0.348 e. The third kappa shape index (κ3) is 3.74. The molecule has 0 bridgehead atoms. The normalized spacial score (nSPS) is 19.2.